The maximum absolute atomic E-state index is 11.9. The van der Waals surface area contributed by atoms with Gasteiger partial charge < -0.3 is 5.32 Å². The third-order valence-electron chi connectivity index (χ3n) is 3.27. The number of sulfone groups is 1. The topological polar surface area (TPSA) is 63.2 Å². The maximum Gasteiger partial charge on any atom is 0.150 e. The molecule has 0 saturated carbocycles. The van der Waals surface area contributed by atoms with Crippen LogP contribution in [0.25, 0.3) is 0 Å². The first-order valence-electron chi connectivity index (χ1n) is 6.51. The van der Waals surface area contributed by atoms with E-state index < -0.39 is 9.84 Å². The molecule has 0 aliphatic carbocycles. The third kappa shape index (κ3) is 5.64. The van der Waals surface area contributed by atoms with Crippen LogP contribution in [-0.2, 0) is 14.6 Å². The molecule has 1 heterocycles. The van der Waals surface area contributed by atoms with E-state index in [0.717, 1.165) is 25.8 Å². The first-order valence-corrected chi connectivity index (χ1v) is 8.34. The predicted molar refractivity (Wildman–Crippen MR) is 68.8 cm³/mol. The Balaban J connectivity index is 2.29. The summed E-state index contributed by atoms with van der Waals surface area (Å²) >= 11 is 0. The smallest absolute Gasteiger partial charge is 0.150 e. The average Bonchev–Trinajstić information content (AvgIpc) is 2.57. The van der Waals surface area contributed by atoms with E-state index >= 15 is 0 Å². The number of nitrogens with one attached hydrogen (secondary N) is 1. The van der Waals surface area contributed by atoms with Gasteiger partial charge in [0.15, 0.2) is 0 Å². The number of rotatable bonds is 6. The second kappa shape index (κ2) is 7.11. The van der Waals surface area contributed by atoms with Crippen molar-refractivity contribution in [1.82, 2.24) is 5.32 Å². The Morgan fingerprint density at radius 2 is 2.06 bits per heavy atom. The van der Waals surface area contributed by atoms with Crippen molar-refractivity contribution in [3.63, 3.8) is 0 Å². The lowest BCUT2D eigenvalue weighted by molar-refractivity contribution is -0.121. The zero-order valence-corrected chi connectivity index (χ0v) is 11.4. The molecule has 100 valence electrons. The number of hydrogen-bond donors (Lipinski definition) is 1. The minimum absolute atomic E-state index is 0.0400. The van der Waals surface area contributed by atoms with Crippen molar-refractivity contribution < 1.29 is 13.2 Å². The summed E-state index contributed by atoms with van der Waals surface area (Å²) in [5.41, 5.74) is 0. The molecule has 0 spiro atoms. The van der Waals surface area contributed by atoms with Crippen LogP contribution in [0.1, 0.15) is 45.4 Å². The van der Waals surface area contributed by atoms with Gasteiger partial charge in [0.25, 0.3) is 0 Å². The number of Topliss-reactive ketones (excluding diaryl/α,β-unsaturated/α-hetero) is 1. The standard InChI is InChI=1S/C12H23NO3S/c1-2-17(15,16)10-6-8-12(14)11-7-4-3-5-9-13-11/h11,13H,2-10H2,1H3. The van der Waals surface area contributed by atoms with Gasteiger partial charge in [0.2, 0.25) is 0 Å². The molecule has 1 atom stereocenters. The zero-order chi connectivity index (χ0) is 12.7. The molecule has 1 N–H and O–H groups in total. The van der Waals surface area contributed by atoms with Gasteiger partial charge in [0.05, 0.1) is 11.8 Å². The normalized spacial score (nSPS) is 22.1. The van der Waals surface area contributed by atoms with Gasteiger partial charge in [-0.25, -0.2) is 8.42 Å². The van der Waals surface area contributed by atoms with E-state index in [1.807, 2.05) is 0 Å². The van der Waals surface area contributed by atoms with Gasteiger partial charge in [-0.15, -0.1) is 0 Å². The summed E-state index contributed by atoms with van der Waals surface area (Å²) in [7, 11) is -2.93. The maximum atomic E-state index is 11.9. The largest absolute Gasteiger partial charge is 0.307 e. The number of carbonyl (C=O) groups is 1. The van der Waals surface area contributed by atoms with Gasteiger partial charge in [0.1, 0.15) is 15.6 Å². The fourth-order valence-electron chi connectivity index (χ4n) is 2.09. The average molecular weight is 261 g/mol. The summed E-state index contributed by atoms with van der Waals surface area (Å²) < 4.78 is 22.6. The molecule has 1 aliphatic heterocycles. The van der Waals surface area contributed by atoms with E-state index in [1.54, 1.807) is 6.92 Å². The van der Waals surface area contributed by atoms with E-state index in [0.29, 0.717) is 12.8 Å². The van der Waals surface area contributed by atoms with Gasteiger partial charge in [-0.05, 0) is 25.8 Å². The van der Waals surface area contributed by atoms with E-state index in [9.17, 15) is 13.2 Å². The van der Waals surface area contributed by atoms with Crippen molar-refractivity contribution in [2.75, 3.05) is 18.1 Å². The lowest BCUT2D eigenvalue weighted by atomic mass is 10.0. The van der Waals surface area contributed by atoms with Crippen molar-refractivity contribution in [2.45, 2.75) is 51.5 Å². The molecule has 0 aromatic rings. The van der Waals surface area contributed by atoms with Crippen molar-refractivity contribution in [3.05, 3.63) is 0 Å². The van der Waals surface area contributed by atoms with E-state index in [-0.39, 0.29) is 23.3 Å². The first kappa shape index (κ1) is 14.6. The van der Waals surface area contributed by atoms with Crippen LogP contribution in [0.2, 0.25) is 0 Å². The number of hydrogen-bond acceptors (Lipinski definition) is 4. The minimum Gasteiger partial charge on any atom is -0.307 e. The Morgan fingerprint density at radius 3 is 2.76 bits per heavy atom. The summed E-state index contributed by atoms with van der Waals surface area (Å²) in [6, 6.07) is -0.0400. The number of carbonyl (C=O) groups excluding carboxylic acids is 1. The Labute approximate surface area is 104 Å². The van der Waals surface area contributed by atoms with Crippen LogP contribution in [-0.4, -0.2) is 38.3 Å². The van der Waals surface area contributed by atoms with Crippen LogP contribution < -0.4 is 5.32 Å². The van der Waals surface area contributed by atoms with Crippen LogP contribution in [0.5, 0.6) is 0 Å². The lowest BCUT2D eigenvalue weighted by Gasteiger charge is -2.14. The zero-order valence-electron chi connectivity index (χ0n) is 10.6. The Hall–Kier alpha value is -0.420. The van der Waals surface area contributed by atoms with Crippen LogP contribution in [0.3, 0.4) is 0 Å². The predicted octanol–water partition coefficient (Wildman–Crippen LogP) is 1.30. The van der Waals surface area contributed by atoms with Crippen LogP contribution >= 0.6 is 0 Å². The second-order valence-corrected chi connectivity index (χ2v) is 7.14. The fourth-order valence-corrected chi connectivity index (χ4v) is 2.96. The summed E-state index contributed by atoms with van der Waals surface area (Å²) in [6.07, 6.45) is 5.16. The molecule has 4 nitrogen and oxygen atoms in total. The molecule has 1 unspecified atom stereocenters. The first-order chi connectivity index (χ1) is 8.05. The van der Waals surface area contributed by atoms with Gasteiger partial charge >= 0.3 is 0 Å². The quantitative estimate of drug-likeness (QED) is 0.783. The molecule has 17 heavy (non-hydrogen) atoms. The molecule has 1 rings (SSSR count). The Bertz CT molecular complexity index is 330. The van der Waals surface area contributed by atoms with Gasteiger partial charge in [-0.1, -0.05) is 19.8 Å². The molecule has 0 radical (unpaired) electrons. The van der Waals surface area contributed by atoms with Crippen molar-refractivity contribution in [2.24, 2.45) is 0 Å². The summed E-state index contributed by atoms with van der Waals surface area (Å²) in [5, 5.41) is 3.24. The fraction of sp³-hybridized carbons (Fsp3) is 0.917. The molecular formula is C12H23NO3S. The van der Waals surface area contributed by atoms with Crippen molar-refractivity contribution in [3.8, 4) is 0 Å². The highest BCUT2D eigenvalue weighted by atomic mass is 32.2. The van der Waals surface area contributed by atoms with Crippen LogP contribution in [0.4, 0.5) is 0 Å². The summed E-state index contributed by atoms with van der Waals surface area (Å²) in [5.74, 6) is 0.489. The Kier molecular flexibility index (Phi) is 6.12. The molecule has 0 aromatic carbocycles. The lowest BCUT2D eigenvalue weighted by Crippen LogP contribution is -2.36. The SMILES string of the molecule is CCS(=O)(=O)CCCC(=O)C1CCCCCN1. The third-order valence-corrected chi connectivity index (χ3v) is 5.06. The highest BCUT2D eigenvalue weighted by Gasteiger charge is 2.19. The van der Waals surface area contributed by atoms with Gasteiger partial charge in [-0.3, -0.25) is 4.79 Å². The molecular weight excluding hydrogens is 238 g/mol. The van der Waals surface area contributed by atoms with Crippen LogP contribution in [0.15, 0.2) is 0 Å². The molecule has 0 amide bonds. The summed E-state index contributed by atoms with van der Waals surface area (Å²) in [6.45, 7) is 2.55. The highest BCUT2D eigenvalue weighted by molar-refractivity contribution is 7.91. The monoisotopic (exact) mass is 261 g/mol. The minimum atomic E-state index is -2.93. The molecule has 1 aliphatic rings. The van der Waals surface area contributed by atoms with Crippen LogP contribution in [0, 0.1) is 0 Å². The Morgan fingerprint density at radius 1 is 1.29 bits per heavy atom. The van der Waals surface area contributed by atoms with Gasteiger partial charge in [-0.2, -0.15) is 0 Å². The molecule has 0 bridgehead atoms. The molecule has 5 heteroatoms. The van der Waals surface area contributed by atoms with Crippen molar-refractivity contribution >= 4 is 15.6 Å². The number of ketones is 1. The second-order valence-electron chi connectivity index (χ2n) is 4.66. The van der Waals surface area contributed by atoms with Gasteiger partial charge in [0, 0.05) is 12.2 Å². The van der Waals surface area contributed by atoms with E-state index in [1.165, 1.54) is 6.42 Å². The molecule has 1 fully saturated rings. The van der Waals surface area contributed by atoms with E-state index in [2.05, 4.69) is 5.32 Å². The molecule has 0 aromatic heterocycles. The molecule has 1 saturated heterocycles. The summed E-state index contributed by atoms with van der Waals surface area (Å²) in [4.78, 5) is 11.9. The highest BCUT2D eigenvalue weighted by Crippen LogP contribution is 2.11. The van der Waals surface area contributed by atoms with Crippen molar-refractivity contribution in [1.29, 1.82) is 0 Å². The van der Waals surface area contributed by atoms with E-state index in [4.69, 9.17) is 0 Å².